The lowest BCUT2D eigenvalue weighted by molar-refractivity contribution is -0.182. The molecule has 0 aromatic carbocycles. The minimum absolute atomic E-state index is 0.00124. The van der Waals surface area contributed by atoms with E-state index in [2.05, 4.69) is 59.1 Å². The Morgan fingerprint density at radius 2 is 1.70 bits per heavy atom. The number of methoxy groups -OCH3 is 1. The molecule has 2 spiro atoms. The average molecular weight is 700 g/mol. The van der Waals surface area contributed by atoms with Gasteiger partial charge in [0.1, 0.15) is 18.2 Å². The molecule has 0 aromatic rings. The highest BCUT2D eigenvalue weighted by atomic mass is 16.6. The van der Waals surface area contributed by atoms with Crippen LogP contribution in [-0.4, -0.2) is 85.3 Å². The molecule has 5 aliphatic carbocycles. The number of carbonyl (C=O) groups is 3. The molecule has 2 heterocycles. The normalized spacial score (nSPS) is 44.4. The van der Waals surface area contributed by atoms with E-state index in [1.54, 1.807) is 12.0 Å². The highest BCUT2D eigenvalue weighted by Crippen LogP contribution is 2.89. The summed E-state index contributed by atoms with van der Waals surface area (Å²) < 4.78 is 18.3. The fourth-order valence-electron chi connectivity index (χ4n) is 13.7. The third-order valence-electron chi connectivity index (χ3n) is 16.7. The molecule has 10 nitrogen and oxygen atoms in total. The van der Waals surface area contributed by atoms with Crippen LogP contribution >= 0.6 is 0 Å². The Kier molecular flexibility index (Phi) is 9.09. The van der Waals surface area contributed by atoms with Crippen molar-refractivity contribution in [2.24, 2.45) is 56.7 Å². The van der Waals surface area contributed by atoms with E-state index < -0.39 is 12.1 Å². The van der Waals surface area contributed by atoms with Crippen LogP contribution in [0, 0.1) is 56.7 Å². The summed E-state index contributed by atoms with van der Waals surface area (Å²) in [5, 5.41) is 17.8. The van der Waals surface area contributed by atoms with Gasteiger partial charge < -0.3 is 34.9 Å². The Morgan fingerprint density at radius 3 is 2.32 bits per heavy atom. The number of aliphatic hydroxyl groups is 1. The van der Waals surface area contributed by atoms with E-state index in [0.29, 0.717) is 36.6 Å². The third-order valence-corrected chi connectivity index (χ3v) is 16.7. The number of aliphatic hydroxyl groups excluding tert-OH is 1. The summed E-state index contributed by atoms with van der Waals surface area (Å²) in [6.07, 6.45) is 9.13. The molecule has 5 saturated carbocycles. The van der Waals surface area contributed by atoms with E-state index in [1.807, 2.05) is 0 Å². The number of fused-ring (bicyclic) bond motifs is 2. The molecule has 50 heavy (non-hydrogen) atoms. The minimum atomic E-state index is -0.505. The third kappa shape index (κ3) is 5.17. The number of ether oxygens (including phenoxy) is 3. The topological polar surface area (TPSA) is 126 Å². The fraction of sp³-hybridized carbons (Fsp3) is 0.925. The van der Waals surface area contributed by atoms with E-state index in [4.69, 9.17) is 14.2 Å². The highest BCUT2D eigenvalue weighted by Gasteiger charge is 2.83. The molecule has 0 aromatic heterocycles. The molecule has 3 amide bonds. The summed E-state index contributed by atoms with van der Waals surface area (Å²) >= 11 is 0. The Bertz CT molecular complexity index is 1350. The Morgan fingerprint density at radius 1 is 1.00 bits per heavy atom. The molecule has 2 saturated heterocycles. The van der Waals surface area contributed by atoms with Gasteiger partial charge in [-0.1, -0.05) is 48.5 Å². The van der Waals surface area contributed by atoms with Crippen molar-refractivity contribution in [1.29, 1.82) is 0 Å². The van der Waals surface area contributed by atoms with Crippen LogP contribution < -0.4 is 10.6 Å². The number of hydrogen-bond donors (Lipinski definition) is 3. The summed E-state index contributed by atoms with van der Waals surface area (Å²) in [6.45, 7) is 18.2. The van der Waals surface area contributed by atoms with Gasteiger partial charge in [0.15, 0.2) is 0 Å². The predicted molar refractivity (Wildman–Crippen MR) is 189 cm³/mol. The second-order valence-electron chi connectivity index (χ2n) is 19.2. The van der Waals surface area contributed by atoms with Gasteiger partial charge in [0.05, 0.1) is 12.2 Å². The molecule has 7 rings (SSSR count). The van der Waals surface area contributed by atoms with Crippen LogP contribution in [0.25, 0.3) is 0 Å². The molecular weight excluding hydrogens is 634 g/mol. The first-order valence-corrected chi connectivity index (χ1v) is 20.0. The zero-order valence-corrected chi connectivity index (χ0v) is 32.0. The number of likely N-dealkylation sites (tertiary alicyclic amines) is 1. The van der Waals surface area contributed by atoms with Crippen LogP contribution in [0.4, 0.5) is 9.59 Å². The van der Waals surface area contributed by atoms with Crippen molar-refractivity contribution in [2.75, 3.05) is 26.7 Å². The first-order valence-electron chi connectivity index (χ1n) is 20.0. The molecule has 0 bridgehead atoms. The number of nitrogens with zero attached hydrogens (tertiary/aromatic N) is 1. The summed E-state index contributed by atoms with van der Waals surface area (Å²) in [5.74, 6) is 1.58. The van der Waals surface area contributed by atoms with Gasteiger partial charge in [-0.15, -0.1) is 0 Å². The minimum Gasteiger partial charge on any atom is -0.446 e. The van der Waals surface area contributed by atoms with Crippen molar-refractivity contribution in [2.45, 2.75) is 150 Å². The Labute approximate surface area is 299 Å². The molecule has 3 N–H and O–H groups in total. The van der Waals surface area contributed by atoms with Crippen molar-refractivity contribution in [1.82, 2.24) is 15.5 Å². The average Bonchev–Trinajstić information content (AvgIpc) is 3.45. The maximum atomic E-state index is 13.0. The number of hydrogen-bond acceptors (Lipinski definition) is 7. The van der Waals surface area contributed by atoms with Gasteiger partial charge in [-0.3, -0.25) is 4.79 Å². The van der Waals surface area contributed by atoms with E-state index in [0.717, 1.165) is 64.5 Å². The summed E-state index contributed by atoms with van der Waals surface area (Å²) in [4.78, 5) is 39.7. The van der Waals surface area contributed by atoms with Gasteiger partial charge in [-0.05, 0) is 116 Å². The van der Waals surface area contributed by atoms with Crippen LogP contribution in [0.1, 0.15) is 119 Å². The van der Waals surface area contributed by atoms with Crippen molar-refractivity contribution < 1.29 is 33.7 Å². The lowest BCUT2D eigenvalue weighted by Gasteiger charge is -2.63. The van der Waals surface area contributed by atoms with Crippen LogP contribution in [0.2, 0.25) is 0 Å². The Hall–Kier alpha value is -2.07. The molecule has 13 atom stereocenters. The van der Waals surface area contributed by atoms with Crippen LogP contribution in [0.15, 0.2) is 0 Å². The van der Waals surface area contributed by atoms with Crippen LogP contribution in [0.3, 0.4) is 0 Å². The van der Waals surface area contributed by atoms with Gasteiger partial charge in [0, 0.05) is 37.6 Å². The van der Waals surface area contributed by atoms with Crippen LogP contribution in [0.5, 0.6) is 0 Å². The lowest BCUT2D eigenvalue weighted by Crippen LogP contribution is -2.60. The van der Waals surface area contributed by atoms with Gasteiger partial charge in [-0.2, -0.15) is 0 Å². The van der Waals surface area contributed by atoms with E-state index in [1.165, 1.54) is 12.8 Å². The first kappa shape index (κ1) is 36.3. The maximum Gasteiger partial charge on any atom is 0.410 e. The molecular formula is C40H65N3O7. The van der Waals surface area contributed by atoms with Gasteiger partial charge in [0.2, 0.25) is 5.91 Å². The van der Waals surface area contributed by atoms with E-state index in [-0.39, 0.29) is 69.4 Å². The monoisotopic (exact) mass is 699 g/mol. The number of amides is 3. The highest BCUT2D eigenvalue weighted by molar-refractivity contribution is 5.87. The predicted octanol–water partition coefficient (Wildman–Crippen LogP) is 6.29. The van der Waals surface area contributed by atoms with E-state index in [9.17, 15) is 19.5 Å². The van der Waals surface area contributed by atoms with Gasteiger partial charge in [0.25, 0.3) is 0 Å². The second kappa shape index (κ2) is 12.5. The summed E-state index contributed by atoms with van der Waals surface area (Å²) in [6, 6.07) is -0.505. The molecule has 0 radical (unpaired) electrons. The molecule has 10 heteroatoms. The zero-order valence-electron chi connectivity index (χ0n) is 32.0. The molecule has 2 aliphatic heterocycles. The number of carbonyl (C=O) groups excluding carboxylic acids is 3. The zero-order chi connectivity index (χ0) is 36.0. The quantitative estimate of drug-likeness (QED) is 0.258. The second-order valence-corrected chi connectivity index (χ2v) is 19.2. The first-order chi connectivity index (χ1) is 23.6. The maximum absolute atomic E-state index is 13.0. The number of rotatable bonds is 9. The molecule has 282 valence electrons. The standard InChI is InChI=1S/C40H65N3O7/c1-23(2)32(50-35(47)43-18-9-19-43)27(48-8)20-24(3)25-21-30(44)38(7)29-11-10-28-36(4,5)31(49-34(46)42-26-13-17-41-33(26)45)12-14-39(28)22-40(29,39)16-15-37(25,38)6/h23-32,44H,9-22H2,1-8H3,(H,41,45)(H,42,46)/t24-,25-,26-,27?,28+,29?,30+,31+,32-,37-,38-,39-,40+/m1/s1. The SMILES string of the molecule is COC(C[C@@H](C)[C@H]1C[C@H](O)[C@@]2(C)C3CC[C@H]4C(C)(C)[C@@H](OC(=O)N[C@@H]5CCNC5=O)CC[C@@]45C[C@@]35CC[C@]12C)[C@H](OC(=O)N1CCC1)C(C)C. The largest absolute Gasteiger partial charge is 0.446 e. The number of nitrogens with one attached hydrogen (secondary N) is 2. The van der Waals surface area contributed by atoms with Crippen molar-refractivity contribution in [3.8, 4) is 0 Å². The smallest absolute Gasteiger partial charge is 0.410 e. The Balaban J connectivity index is 1.06. The van der Waals surface area contributed by atoms with Crippen molar-refractivity contribution >= 4 is 18.1 Å². The van der Waals surface area contributed by atoms with Crippen molar-refractivity contribution in [3.63, 3.8) is 0 Å². The summed E-state index contributed by atoms with van der Waals surface area (Å²) in [7, 11) is 1.75. The fourth-order valence-corrected chi connectivity index (χ4v) is 13.7. The van der Waals surface area contributed by atoms with Gasteiger partial charge in [-0.25, -0.2) is 9.59 Å². The van der Waals surface area contributed by atoms with Gasteiger partial charge >= 0.3 is 12.2 Å². The van der Waals surface area contributed by atoms with Crippen LogP contribution in [-0.2, 0) is 19.0 Å². The summed E-state index contributed by atoms with van der Waals surface area (Å²) in [5.41, 5.74) is 0.121. The van der Waals surface area contributed by atoms with Crippen molar-refractivity contribution in [3.05, 3.63) is 0 Å². The number of alkyl carbamates (subject to hydrolysis) is 1. The molecule has 2 unspecified atom stereocenters. The molecule has 7 fully saturated rings. The lowest BCUT2D eigenvalue weighted by atomic mass is 9.41. The van der Waals surface area contributed by atoms with E-state index >= 15 is 0 Å². The molecule has 7 aliphatic rings.